The van der Waals surface area contributed by atoms with E-state index in [9.17, 15) is 16.8 Å². The summed E-state index contributed by atoms with van der Waals surface area (Å²) in [5.41, 5.74) is 0.524. The number of rotatable bonds is 4. The van der Waals surface area contributed by atoms with Gasteiger partial charge in [0.05, 0.1) is 47.9 Å². The molecule has 0 bridgehead atoms. The molecule has 0 unspecified atom stereocenters. The van der Waals surface area contributed by atoms with Crippen molar-refractivity contribution in [3.63, 3.8) is 0 Å². The van der Waals surface area contributed by atoms with Crippen molar-refractivity contribution in [1.82, 2.24) is 4.31 Å². The molecule has 146 valence electrons. The quantitative estimate of drug-likeness (QED) is 0.786. The molecule has 1 fully saturated rings. The lowest BCUT2D eigenvalue weighted by molar-refractivity contribution is -0.883. The summed E-state index contributed by atoms with van der Waals surface area (Å²) in [7, 11) is -5.57. The molecule has 0 atom stereocenters. The van der Waals surface area contributed by atoms with Crippen molar-refractivity contribution in [1.29, 1.82) is 0 Å². The normalized spacial score (nSPS) is 17.1. The predicted molar refractivity (Wildman–Crippen MR) is 103 cm³/mol. The second kappa shape index (κ2) is 7.52. The molecule has 6 nitrogen and oxygen atoms in total. The Kier molecular flexibility index (Phi) is 5.65. The molecule has 0 aliphatic carbocycles. The first-order chi connectivity index (χ1) is 12.6. The zero-order chi connectivity index (χ0) is 19.8. The fraction of sp³-hybridized carbons (Fsp3) is 0.333. The maximum absolute atomic E-state index is 13.1. The molecule has 1 saturated heterocycles. The van der Waals surface area contributed by atoms with E-state index in [4.69, 9.17) is 11.6 Å². The second-order valence-electron chi connectivity index (χ2n) is 6.75. The van der Waals surface area contributed by atoms with Crippen LogP contribution in [0, 0.1) is 6.92 Å². The fourth-order valence-electron chi connectivity index (χ4n) is 3.02. The van der Waals surface area contributed by atoms with Crippen molar-refractivity contribution < 1.29 is 21.7 Å². The average Bonchev–Trinajstić information content (AvgIpc) is 2.62. The maximum Gasteiger partial charge on any atom is 0.243 e. The van der Waals surface area contributed by atoms with Crippen molar-refractivity contribution in [2.24, 2.45) is 0 Å². The monoisotopic (exact) mass is 429 g/mol. The number of halogens is 1. The zero-order valence-electron chi connectivity index (χ0n) is 15.1. The van der Waals surface area contributed by atoms with Crippen LogP contribution >= 0.6 is 11.6 Å². The van der Waals surface area contributed by atoms with Gasteiger partial charge in [-0.05, 0) is 48.9 Å². The number of piperazine rings is 1. The van der Waals surface area contributed by atoms with Gasteiger partial charge in [-0.25, -0.2) is 16.8 Å². The molecule has 3 rings (SSSR count). The van der Waals surface area contributed by atoms with Crippen LogP contribution in [0.4, 0.5) is 0 Å². The standard InChI is InChI=1S/C18H21ClN2O4S2/c1-14-3-6-17(26(22,23)16-7-4-15(19)5-8-16)13-18(14)27(24,25)21-11-9-20(2)10-12-21/h3-8,13H,9-12H2,1-2H3/p+1. The molecule has 1 heterocycles. The van der Waals surface area contributed by atoms with Crippen LogP contribution in [0.1, 0.15) is 5.56 Å². The van der Waals surface area contributed by atoms with Gasteiger partial charge >= 0.3 is 0 Å². The van der Waals surface area contributed by atoms with Gasteiger partial charge in [-0.2, -0.15) is 4.31 Å². The first kappa shape index (κ1) is 20.3. The van der Waals surface area contributed by atoms with Crippen LogP contribution in [0.2, 0.25) is 5.02 Å². The van der Waals surface area contributed by atoms with E-state index in [-0.39, 0.29) is 14.7 Å². The average molecular weight is 430 g/mol. The molecule has 27 heavy (non-hydrogen) atoms. The van der Waals surface area contributed by atoms with Crippen LogP contribution in [0.15, 0.2) is 57.2 Å². The summed E-state index contributed by atoms with van der Waals surface area (Å²) in [4.78, 5) is 1.34. The van der Waals surface area contributed by atoms with Gasteiger partial charge in [-0.3, -0.25) is 0 Å². The van der Waals surface area contributed by atoms with Gasteiger partial charge in [-0.15, -0.1) is 0 Å². The van der Waals surface area contributed by atoms with Gasteiger partial charge in [0, 0.05) is 5.02 Å². The van der Waals surface area contributed by atoms with Crippen LogP contribution in [-0.4, -0.2) is 54.4 Å². The smallest absolute Gasteiger partial charge is 0.243 e. The van der Waals surface area contributed by atoms with Crippen LogP contribution in [0.3, 0.4) is 0 Å². The predicted octanol–water partition coefficient (Wildman–Crippen LogP) is 1.00. The van der Waals surface area contributed by atoms with Gasteiger partial charge in [0.15, 0.2) is 0 Å². The van der Waals surface area contributed by atoms with Crippen LogP contribution in [-0.2, 0) is 19.9 Å². The Morgan fingerprint density at radius 2 is 1.48 bits per heavy atom. The third-order valence-electron chi connectivity index (χ3n) is 4.79. The Hall–Kier alpha value is -1.45. The number of sulfone groups is 1. The van der Waals surface area contributed by atoms with E-state index in [1.807, 2.05) is 7.05 Å². The number of hydrogen-bond donors (Lipinski definition) is 1. The Morgan fingerprint density at radius 3 is 2.07 bits per heavy atom. The van der Waals surface area contributed by atoms with E-state index >= 15 is 0 Å². The van der Waals surface area contributed by atoms with Gasteiger partial charge in [0.2, 0.25) is 19.9 Å². The summed E-state index contributed by atoms with van der Waals surface area (Å²) >= 11 is 5.83. The van der Waals surface area contributed by atoms with Crippen molar-refractivity contribution in [2.45, 2.75) is 21.6 Å². The molecule has 0 amide bonds. The van der Waals surface area contributed by atoms with Crippen LogP contribution in [0.5, 0.6) is 0 Å². The molecule has 0 radical (unpaired) electrons. The summed E-state index contributed by atoms with van der Waals surface area (Å²) in [5, 5.41) is 0.429. The molecular formula is C18H22ClN2O4S2+. The fourth-order valence-corrected chi connectivity index (χ4v) is 6.20. The summed E-state index contributed by atoms with van der Waals surface area (Å²) in [5.74, 6) is 0. The summed E-state index contributed by atoms with van der Waals surface area (Å²) in [6.45, 7) is 3.96. The van der Waals surface area contributed by atoms with E-state index in [2.05, 4.69) is 0 Å². The highest BCUT2D eigenvalue weighted by Crippen LogP contribution is 2.28. The molecule has 2 aromatic carbocycles. The van der Waals surface area contributed by atoms with Gasteiger partial charge < -0.3 is 4.90 Å². The van der Waals surface area contributed by atoms with E-state index < -0.39 is 19.9 Å². The topological polar surface area (TPSA) is 76.0 Å². The SMILES string of the molecule is Cc1ccc(S(=O)(=O)c2ccc(Cl)cc2)cc1S(=O)(=O)N1CC[NH+](C)CC1. The van der Waals surface area contributed by atoms with Gasteiger partial charge in [0.1, 0.15) is 0 Å². The van der Waals surface area contributed by atoms with Crippen molar-refractivity contribution in [2.75, 3.05) is 33.2 Å². The molecule has 2 aromatic rings. The number of benzene rings is 2. The molecule has 0 spiro atoms. The Balaban J connectivity index is 2.03. The number of nitrogens with zero attached hydrogens (tertiary/aromatic N) is 1. The van der Waals surface area contributed by atoms with Crippen molar-refractivity contribution in [3.05, 3.63) is 53.1 Å². The third-order valence-corrected chi connectivity index (χ3v) is 8.85. The van der Waals surface area contributed by atoms with Crippen molar-refractivity contribution in [3.8, 4) is 0 Å². The number of aryl methyl sites for hydroxylation is 1. The van der Waals surface area contributed by atoms with E-state index in [1.165, 1.54) is 51.7 Å². The summed E-state index contributed by atoms with van der Waals surface area (Å²) < 4.78 is 53.4. The molecule has 9 heteroatoms. The largest absolute Gasteiger partial charge is 0.335 e. The van der Waals surface area contributed by atoms with Gasteiger partial charge in [0.25, 0.3) is 0 Å². The van der Waals surface area contributed by atoms with E-state index in [0.717, 1.165) is 13.1 Å². The first-order valence-electron chi connectivity index (χ1n) is 8.55. The van der Waals surface area contributed by atoms with E-state index in [1.54, 1.807) is 6.92 Å². The van der Waals surface area contributed by atoms with E-state index in [0.29, 0.717) is 23.7 Å². The lowest BCUT2D eigenvalue weighted by Crippen LogP contribution is -3.12. The minimum absolute atomic E-state index is 0.0390. The lowest BCUT2D eigenvalue weighted by atomic mass is 10.2. The van der Waals surface area contributed by atoms with Crippen LogP contribution < -0.4 is 4.90 Å². The third kappa shape index (κ3) is 4.05. The number of hydrogen-bond acceptors (Lipinski definition) is 4. The molecule has 1 aliphatic rings. The summed E-state index contributed by atoms with van der Waals surface area (Å²) in [6, 6.07) is 10.0. The van der Waals surface area contributed by atoms with Gasteiger partial charge in [-0.1, -0.05) is 17.7 Å². The number of likely N-dealkylation sites (N-methyl/N-ethyl adjacent to an activating group) is 1. The molecule has 1 aliphatic heterocycles. The number of quaternary nitrogens is 1. The highest BCUT2D eigenvalue weighted by molar-refractivity contribution is 7.91. The number of sulfonamides is 1. The highest BCUT2D eigenvalue weighted by atomic mass is 35.5. The Bertz CT molecular complexity index is 1040. The molecule has 0 saturated carbocycles. The Morgan fingerprint density at radius 1 is 0.926 bits per heavy atom. The summed E-state index contributed by atoms with van der Waals surface area (Å²) in [6.07, 6.45) is 0. The Labute approximate surface area is 165 Å². The molecule has 1 N–H and O–H groups in total. The lowest BCUT2D eigenvalue weighted by Gasteiger charge is -2.29. The molecular weight excluding hydrogens is 408 g/mol. The van der Waals surface area contributed by atoms with Crippen LogP contribution in [0.25, 0.3) is 0 Å². The number of nitrogens with one attached hydrogen (secondary N) is 1. The maximum atomic E-state index is 13.1. The molecule has 0 aromatic heterocycles. The minimum atomic E-state index is -3.84. The zero-order valence-corrected chi connectivity index (χ0v) is 17.5. The van der Waals surface area contributed by atoms with Crippen molar-refractivity contribution >= 4 is 31.5 Å². The second-order valence-corrected chi connectivity index (χ2v) is 11.0. The highest BCUT2D eigenvalue weighted by Gasteiger charge is 2.31. The first-order valence-corrected chi connectivity index (χ1v) is 11.9. The minimum Gasteiger partial charge on any atom is -0.335 e.